The van der Waals surface area contributed by atoms with Gasteiger partial charge in [-0.15, -0.1) is 0 Å². The van der Waals surface area contributed by atoms with Crippen LogP contribution in [0.25, 0.3) is 11.1 Å². The highest BCUT2D eigenvalue weighted by Crippen LogP contribution is 2.38. The van der Waals surface area contributed by atoms with E-state index in [4.69, 9.17) is 33.7 Å². The molecule has 14 nitrogen and oxygen atoms in total. The number of carbonyl (C=O) groups excluding carboxylic acids is 5. The van der Waals surface area contributed by atoms with E-state index in [-0.39, 0.29) is 46.2 Å². The SMILES string of the molecule is CC(Oc1cc(-c2cnn(C3CCN(C(=O)CCCCCCCCCCCCCCCNc4cccc5c4C(=O)N(C4CCC(=O)NC4=O)C5=O)CC3)c2)cnc1N)c1c(Cl)ccc(F)c1Cl. The lowest BCUT2D eigenvalue weighted by molar-refractivity contribution is -0.136. The average Bonchev–Trinajstić information content (AvgIpc) is 3.91. The smallest absolute Gasteiger partial charge is 0.264 e. The Morgan fingerprint density at radius 2 is 1.55 bits per heavy atom. The van der Waals surface area contributed by atoms with Crippen LogP contribution in [0.15, 0.2) is 55.0 Å². The number of fused-ring (bicyclic) bond motifs is 1. The minimum Gasteiger partial charge on any atom is -0.482 e. The predicted octanol–water partition coefficient (Wildman–Crippen LogP) is 10.3. The Morgan fingerprint density at radius 3 is 2.24 bits per heavy atom. The molecule has 2 saturated heterocycles. The number of anilines is 2. The third-order valence-corrected chi connectivity index (χ3v) is 13.9. The maximum atomic E-state index is 14.2. The zero-order chi connectivity index (χ0) is 47.5. The van der Waals surface area contributed by atoms with Crippen molar-refractivity contribution in [3.63, 3.8) is 0 Å². The van der Waals surface area contributed by atoms with E-state index in [2.05, 4.69) is 20.7 Å². The molecule has 4 N–H and O–H groups in total. The molecule has 0 aliphatic carbocycles. The quantitative estimate of drug-likeness (QED) is 0.0368. The Balaban J connectivity index is 0.697. The molecule has 67 heavy (non-hydrogen) atoms. The third kappa shape index (κ3) is 12.3. The number of hydrogen-bond acceptors (Lipinski definition) is 10. The normalized spacial score (nSPS) is 16.9. The fourth-order valence-corrected chi connectivity index (χ4v) is 10.0. The molecule has 0 spiro atoms. The first-order valence-electron chi connectivity index (χ1n) is 23.9. The molecule has 3 aliphatic rings. The molecule has 2 atom stereocenters. The van der Waals surface area contributed by atoms with E-state index < -0.39 is 41.6 Å². The van der Waals surface area contributed by atoms with Crippen molar-refractivity contribution in [1.29, 1.82) is 0 Å². The Hall–Kier alpha value is -5.54. The molecule has 3 aliphatic heterocycles. The number of imide groups is 2. The summed E-state index contributed by atoms with van der Waals surface area (Å²) in [7, 11) is 0. The van der Waals surface area contributed by atoms with Crippen LogP contribution in [0.2, 0.25) is 10.0 Å². The Bertz CT molecular complexity index is 2420. The molecular weight excluding hydrogens is 899 g/mol. The first kappa shape index (κ1) is 49.4. The summed E-state index contributed by atoms with van der Waals surface area (Å²) in [6, 6.07) is 8.77. The van der Waals surface area contributed by atoms with Crippen LogP contribution >= 0.6 is 23.2 Å². The summed E-state index contributed by atoms with van der Waals surface area (Å²) in [5.41, 5.74) is 9.26. The van der Waals surface area contributed by atoms with Gasteiger partial charge in [0.1, 0.15) is 18.0 Å². The number of aromatic nitrogens is 3. The molecule has 2 fully saturated rings. The highest BCUT2D eigenvalue weighted by molar-refractivity contribution is 6.36. The number of nitrogens with zero attached hydrogens (tertiary/aromatic N) is 5. The molecule has 2 aromatic carbocycles. The van der Waals surface area contributed by atoms with Gasteiger partial charge in [-0.1, -0.05) is 99.9 Å². The van der Waals surface area contributed by atoms with E-state index in [1.165, 1.54) is 57.1 Å². The number of benzene rings is 2. The van der Waals surface area contributed by atoms with Gasteiger partial charge >= 0.3 is 0 Å². The van der Waals surface area contributed by atoms with Crippen LogP contribution in [0, 0.1) is 5.82 Å². The number of rotatable bonds is 23. The minimum absolute atomic E-state index is 0.0917. The number of nitrogens with one attached hydrogen (secondary N) is 2. The van der Waals surface area contributed by atoms with E-state index in [9.17, 15) is 28.4 Å². The van der Waals surface area contributed by atoms with E-state index in [1.807, 2.05) is 15.8 Å². The van der Waals surface area contributed by atoms with Crippen LogP contribution in [0.4, 0.5) is 15.9 Å². The zero-order valence-electron chi connectivity index (χ0n) is 38.2. The number of pyridine rings is 1. The van der Waals surface area contributed by atoms with Gasteiger partial charge in [0.05, 0.1) is 28.4 Å². The van der Waals surface area contributed by atoms with Crippen molar-refractivity contribution in [2.24, 2.45) is 0 Å². The van der Waals surface area contributed by atoms with Crippen LogP contribution < -0.4 is 21.1 Å². The van der Waals surface area contributed by atoms with Gasteiger partial charge in [-0.2, -0.15) is 5.10 Å². The summed E-state index contributed by atoms with van der Waals surface area (Å²) in [6.45, 7) is 3.81. The summed E-state index contributed by atoms with van der Waals surface area (Å²) in [5, 5.41) is 10.4. The number of nitrogens with two attached hydrogens (primary N) is 1. The van der Waals surface area contributed by atoms with Crippen molar-refractivity contribution in [3.8, 4) is 16.9 Å². The maximum Gasteiger partial charge on any atom is 0.264 e. The van der Waals surface area contributed by atoms with Crippen molar-refractivity contribution in [2.45, 2.75) is 141 Å². The number of unbranched alkanes of at least 4 members (excludes halogenated alkanes) is 12. The molecule has 2 aromatic heterocycles. The Kier molecular flexibility index (Phi) is 17.3. The molecule has 0 bridgehead atoms. The van der Waals surface area contributed by atoms with E-state index >= 15 is 0 Å². The van der Waals surface area contributed by atoms with Gasteiger partial charge in [-0.25, -0.2) is 9.37 Å². The molecule has 2 unspecified atom stereocenters. The van der Waals surface area contributed by atoms with E-state index in [0.717, 1.165) is 67.4 Å². The number of amides is 5. The van der Waals surface area contributed by atoms with Gasteiger partial charge in [0.25, 0.3) is 11.8 Å². The second-order valence-corrected chi connectivity index (χ2v) is 18.7. The molecular formula is C50H61Cl2FN8O6. The van der Waals surface area contributed by atoms with Crippen LogP contribution in [-0.2, 0) is 14.4 Å². The van der Waals surface area contributed by atoms with E-state index in [0.29, 0.717) is 48.6 Å². The zero-order valence-corrected chi connectivity index (χ0v) is 39.7. The van der Waals surface area contributed by atoms with Crippen LogP contribution in [0.5, 0.6) is 5.75 Å². The molecule has 0 radical (unpaired) electrons. The first-order chi connectivity index (χ1) is 32.4. The maximum absolute atomic E-state index is 14.2. The average molecular weight is 960 g/mol. The summed E-state index contributed by atoms with van der Waals surface area (Å²) in [4.78, 5) is 70.7. The number of piperidine rings is 2. The first-order valence-corrected chi connectivity index (χ1v) is 24.6. The highest BCUT2D eigenvalue weighted by atomic mass is 35.5. The Labute approximate surface area is 401 Å². The molecule has 5 heterocycles. The predicted molar refractivity (Wildman–Crippen MR) is 256 cm³/mol. The fourth-order valence-electron chi connectivity index (χ4n) is 9.33. The van der Waals surface area contributed by atoms with Crippen LogP contribution in [-0.4, -0.2) is 79.8 Å². The van der Waals surface area contributed by atoms with Gasteiger partial charge in [0.15, 0.2) is 11.6 Å². The number of likely N-dealkylation sites (tertiary alicyclic amines) is 1. The van der Waals surface area contributed by atoms with Gasteiger partial charge < -0.3 is 20.7 Å². The van der Waals surface area contributed by atoms with E-state index in [1.54, 1.807) is 43.6 Å². The molecule has 7 rings (SSSR count). The number of nitrogen functional groups attached to an aromatic ring is 1. The number of hydrogen-bond donors (Lipinski definition) is 3. The standard InChI is InChI=1S/C50H61Cl2FN8O6/c1-32(44-37(51)19-20-38(53)46(44)52)67-41-28-33(29-56-47(41)54)34-30-57-60(31-34)35-23-26-59(27-24-35)43(63)18-13-11-9-7-5-3-2-4-6-8-10-12-14-25-55-39-17-15-16-36-45(39)50(66)61(49(36)65)40-21-22-42(62)58-48(40)64/h15-17,19-20,28-32,35,40,55H,2-14,18,21-27H2,1H3,(H2,54,56)(H,58,62,64). The summed E-state index contributed by atoms with van der Waals surface area (Å²) >= 11 is 12.5. The summed E-state index contributed by atoms with van der Waals surface area (Å²) in [6.07, 6.45) is 22.1. The van der Waals surface area contributed by atoms with Crippen LogP contribution in [0.3, 0.4) is 0 Å². The lowest BCUT2D eigenvalue weighted by Gasteiger charge is -2.32. The lowest BCUT2D eigenvalue weighted by atomic mass is 10.0. The van der Waals surface area contributed by atoms with Gasteiger partial charge in [0, 0.05) is 72.3 Å². The lowest BCUT2D eigenvalue weighted by Crippen LogP contribution is -2.54. The molecule has 17 heteroatoms. The molecule has 0 saturated carbocycles. The van der Waals surface area contributed by atoms with Crippen molar-refractivity contribution in [3.05, 3.63) is 87.5 Å². The number of halogens is 3. The van der Waals surface area contributed by atoms with Gasteiger partial charge in [-0.05, 0) is 69.4 Å². The minimum atomic E-state index is -0.973. The summed E-state index contributed by atoms with van der Waals surface area (Å²) in [5.74, 6) is -1.84. The van der Waals surface area contributed by atoms with Gasteiger partial charge in [-0.3, -0.25) is 38.9 Å². The second kappa shape index (κ2) is 23.5. The largest absolute Gasteiger partial charge is 0.482 e. The third-order valence-electron chi connectivity index (χ3n) is 13.1. The molecule has 4 aromatic rings. The van der Waals surface area contributed by atoms with Crippen molar-refractivity contribution < 1.29 is 33.1 Å². The Morgan fingerprint density at radius 1 is 0.881 bits per heavy atom. The highest BCUT2D eigenvalue weighted by Gasteiger charge is 2.45. The van der Waals surface area contributed by atoms with Crippen molar-refractivity contribution in [2.75, 3.05) is 30.7 Å². The fraction of sp³-hybridized carbons (Fsp3) is 0.500. The van der Waals surface area contributed by atoms with Gasteiger partial charge in [0.2, 0.25) is 17.7 Å². The monoisotopic (exact) mass is 958 g/mol. The summed E-state index contributed by atoms with van der Waals surface area (Å²) < 4.78 is 22.2. The molecule has 358 valence electrons. The topological polar surface area (TPSA) is 182 Å². The number of ether oxygens (including phenoxy) is 1. The number of carbonyl (C=O) groups is 5. The second-order valence-electron chi connectivity index (χ2n) is 17.9. The molecule has 5 amide bonds. The van der Waals surface area contributed by atoms with Crippen LogP contribution in [0.1, 0.15) is 161 Å². The van der Waals surface area contributed by atoms with Crippen molar-refractivity contribution in [1.82, 2.24) is 29.9 Å². The van der Waals surface area contributed by atoms with Crippen molar-refractivity contribution >= 4 is 64.2 Å².